The molecule has 0 aromatic rings. The summed E-state index contributed by atoms with van der Waals surface area (Å²) in [5.74, 6) is 2.07. The van der Waals surface area contributed by atoms with Gasteiger partial charge in [0, 0.05) is 0 Å². The van der Waals surface area contributed by atoms with Gasteiger partial charge in [-0.15, -0.1) is 5.73 Å². The molecule has 0 aliphatic heterocycles. The Hall–Kier alpha value is -1.54. The molecule has 2 rings (SSSR count). The summed E-state index contributed by atoms with van der Waals surface area (Å²) < 4.78 is 11.4. The Morgan fingerprint density at radius 2 is 1.14 bits per heavy atom. The molecule has 6 atom stereocenters. The number of hydrogen-bond acceptors (Lipinski definition) is 4. The fraction of sp³-hybridized carbons (Fsp3) is 0.800. The lowest BCUT2D eigenvalue weighted by Gasteiger charge is -2.36. The van der Waals surface area contributed by atoms with Crippen molar-refractivity contribution in [2.45, 2.75) is 92.3 Å². The zero-order valence-electron chi connectivity index (χ0n) is 19.1. The van der Waals surface area contributed by atoms with Crippen molar-refractivity contribution < 1.29 is 19.1 Å². The number of ether oxygens (including phenoxy) is 2. The lowest BCUT2D eigenvalue weighted by molar-refractivity contribution is -0.150. The Morgan fingerprint density at radius 1 is 0.759 bits per heavy atom. The fourth-order valence-electron chi connectivity index (χ4n) is 5.04. The molecule has 0 saturated heterocycles. The molecule has 0 N–H and O–H groups in total. The van der Waals surface area contributed by atoms with Crippen molar-refractivity contribution in [3.63, 3.8) is 0 Å². The van der Waals surface area contributed by atoms with Gasteiger partial charge in [0.25, 0.3) is 0 Å². The van der Waals surface area contributed by atoms with E-state index in [1.54, 1.807) is 0 Å². The third-order valence-corrected chi connectivity index (χ3v) is 6.86. The van der Waals surface area contributed by atoms with Gasteiger partial charge in [0.15, 0.2) is 0 Å². The minimum absolute atomic E-state index is 0.0493. The quantitative estimate of drug-likeness (QED) is 0.323. The summed E-state index contributed by atoms with van der Waals surface area (Å²) in [5.41, 5.74) is 2.68. The van der Waals surface area contributed by atoms with Gasteiger partial charge in [-0.3, -0.25) is 0 Å². The monoisotopic (exact) mass is 404 g/mol. The van der Waals surface area contributed by atoms with E-state index in [1.165, 1.54) is 25.0 Å². The van der Waals surface area contributed by atoms with Crippen LogP contribution in [-0.2, 0) is 19.1 Å². The average molecular weight is 405 g/mol. The molecule has 2 fully saturated rings. The zero-order chi connectivity index (χ0) is 21.6. The minimum Gasteiger partial charge on any atom is -0.458 e. The molecular weight excluding hydrogens is 364 g/mol. The number of carbonyl (C=O) groups excluding carboxylic acids is 2. The second kappa shape index (κ2) is 11.0. The Balaban J connectivity index is 1.90. The van der Waals surface area contributed by atoms with Gasteiger partial charge in [-0.1, -0.05) is 54.4 Å². The van der Waals surface area contributed by atoms with E-state index < -0.39 is 11.9 Å². The lowest BCUT2D eigenvalue weighted by atomic mass is 9.75. The Kier molecular flexibility index (Phi) is 9.02. The van der Waals surface area contributed by atoms with E-state index in [0.29, 0.717) is 35.5 Å². The number of carbonyl (C=O) groups is 2. The first-order valence-electron chi connectivity index (χ1n) is 11.5. The normalized spacial score (nSPS) is 32.4. The van der Waals surface area contributed by atoms with Gasteiger partial charge in [-0.2, -0.15) is 0 Å². The highest BCUT2D eigenvalue weighted by Gasteiger charge is 2.34. The fourth-order valence-corrected chi connectivity index (χ4v) is 5.04. The van der Waals surface area contributed by atoms with Crippen LogP contribution in [0.15, 0.2) is 17.9 Å². The molecule has 0 aromatic carbocycles. The largest absolute Gasteiger partial charge is 0.458 e. The zero-order valence-corrected chi connectivity index (χ0v) is 19.1. The highest BCUT2D eigenvalue weighted by atomic mass is 16.5. The third-order valence-electron chi connectivity index (χ3n) is 6.86. The van der Waals surface area contributed by atoms with Crippen molar-refractivity contribution in [2.24, 2.45) is 35.5 Å². The Morgan fingerprint density at radius 3 is 1.48 bits per heavy atom. The van der Waals surface area contributed by atoms with Gasteiger partial charge in [0.05, 0.1) is 12.2 Å². The molecule has 0 aromatic heterocycles. The summed E-state index contributed by atoms with van der Waals surface area (Å²) in [4.78, 5) is 24.5. The van der Waals surface area contributed by atoms with Crippen molar-refractivity contribution in [2.75, 3.05) is 0 Å². The molecule has 0 spiro atoms. The average Bonchev–Trinajstić information content (AvgIpc) is 2.61. The van der Waals surface area contributed by atoms with Crippen LogP contribution in [-0.4, -0.2) is 24.1 Å². The van der Waals surface area contributed by atoms with Gasteiger partial charge in [-0.05, 0) is 61.2 Å². The maximum atomic E-state index is 12.2. The van der Waals surface area contributed by atoms with E-state index in [2.05, 4.69) is 47.3 Å². The van der Waals surface area contributed by atoms with E-state index >= 15 is 0 Å². The van der Waals surface area contributed by atoms with Gasteiger partial charge >= 0.3 is 11.9 Å². The van der Waals surface area contributed by atoms with E-state index in [0.717, 1.165) is 25.7 Å². The molecule has 6 unspecified atom stereocenters. The smallest absolute Gasteiger partial charge is 0.338 e. The minimum atomic E-state index is -0.426. The third kappa shape index (κ3) is 7.33. The van der Waals surface area contributed by atoms with Gasteiger partial charge in [0.2, 0.25) is 0 Å². The molecule has 4 heteroatoms. The second-order valence-electron chi connectivity index (χ2n) is 10.1. The molecule has 2 aliphatic carbocycles. The van der Waals surface area contributed by atoms with Gasteiger partial charge < -0.3 is 9.47 Å². The van der Waals surface area contributed by atoms with E-state index in [-0.39, 0.29) is 12.2 Å². The molecule has 0 amide bonds. The summed E-state index contributed by atoms with van der Waals surface area (Å²) in [6.45, 7) is 13.2. The Bertz CT molecular complexity index is 564. The molecule has 164 valence electrons. The van der Waals surface area contributed by atoms with Crippen molar-refractivity contribution in [3.05, 3.63) is 17.9 Å². The first-order chi connectivity index (χ1) is 13.7. The van der Waals surface area contributed by atoms with E-state index in [9.17, 15) is 9.59 Å². The van der Waals surface area contributed by atoms with Crippen LogP contribution in [0.3, 0.4) is 0 Å². The van der Waals surface area contributed by atoms with Crippen molar-refractivity contribution in [1.82, 2.24) is 0 Å². The maximum Gasteiger partial charge on any atom is 0.338 e. The second-order valence-corrected chi connectivity index (χ2v) is 10.1. The summed E-state index contributed by atoms with van der Waals surface area (Å²) in [6, 6.07) is 0. The van der Waals surface area contributed by atoms with Crippen LogP contribution in [0.4, 0.5) is 0 Å². The molecule has 2 saturated carbocycles. The van der Waals surface area contributed by atoms with Crippen LogP contribution < -0.4 is 0 Å². The maximum absolute atomic E-state index is 12.2. The van der Waals surface area contributed by atoms with Crippen molar-refractivity contribution in [1.29, 1.82) is 0 Å². The molecule has 0 heterocycles. The number of hydrogen-bond donors (Lipinski definition) is 0. The topological polar surface area (TPSA) is 52.6 Å². The van der Waals surface area contributed by atoms with Crippen LogP contribution >= 0.6 is 0 Å². The molecule has 0 bridgehead atoms. The van der Waals surface area contributed by atoms with Crippen LogP contribution in [0.1, 0.15) is 80.1 Å². The summed E-state index contributed by atoms with van der Waals surface area (Å²) in [5, 5.41) is 0. The molecule has 29 heavy (non-hydrogen) atoms. The summed E-state index contributed by atoms with van der Waals surface area (Å²) >= 11 is 0. The predicted molar refractivity (Wildman–Crippen MR) is 115 cm³/mol. The molecule has 2 aliphatic rings. The first kappa shape index (κ1) is 23.7. The lowest BCUT2D eigenvalue weighted by Crippen LogP contribution is -2.35. The standard InChI is InChI=1S/C25H40O4/c1-16(2)20-12-10-18(5)14-22(20)28-24(26)8-7-9-25(27)29-23-15-19(6)11-13-21(23)17(3)4/h8-9,16-23H,10-15H2,1-6H3. The van der Waals surface area contributed by atoms with Crippen LogP contribution in [0.25, 0.3) is 0 Å². The summed E-state index contributed by atoms with van der Waals surface area (Å²) in [6.07, 6.45) is 8.74. The van der Waals surface area contributed by atoms with E-state index in [1.807, 2.05) is 0 Å². The molecular formula is C25H40O4. The van der Waals surface area contributed by atoms with Crippen LogP contribution in [0, 0.1) is 35.5 Å². The highest BCUT2D eigenvalue weighted by molar-refractivity contribution is 5.85. The van der Waals surface area contributed by atoms with Crippen LogP contribution in [0.2, 0.25) is 0 Å². The first-order valence-corrected chi connectivity index (χ1v) is 11.5. The number of esters is 2. The van der Waals surface area contributed by atoms with Crippen molar-refractivity contribution >= 4 is 11.9 Å². The van der Waals surface area contributed by atoms with Crippen molar-refractivity contribution in [3.8, 4) is 0 Å². The molecule has 0 radical (unpaired) electrons. The van der Waals surface area contributed by atoms with Crippen LogP contribution in [0.5, 0.6) is 0 Å². The van der Waals surface area contributed by atoms with Gasteiger partial charge in [0.1, 0.15) is 12.2 Å². The van der Waals surface area contributed by atoms with Gasteiger partial charge in [-0.25, -0.2) is 9.59 Å². The SMILES string of the molecule is CC1CCC(C(C)C)C(OC(=O)C=C=CC(=O)OC2CC(C)CCC2C(C)C)C1. The highest BCUT2D eigenvalue weighted by Crippen LogP contribution is 2.36. The number of rotatable bonds is 6. The predicted octanol–water partition coefficient (Wildman–Crippen LogP) is 5.71. The Labute approximate surface area is 177 Å². The molecule has 4 nitrogen and oxygen atoms in total. The van der Waals surface area contributed by atoms with E-state index in [4.69, 9.17) is 9.47 Å². The summed E-state index contributed by atoms with van der Waals surface area (Å²) in [7, 11) is 0.